The highest BCUT2D eigenvalue weighted by Gasteiger charge is 2.35. The van der Waals surface area contributed by atoms with Crippen LogP contribution in [0.25, 0.3) is 11.4 Å². The number of fused-ring (bicyclic) bond motifs is 1. The standard InChI is InChI=1S/C22H26N6O.CH2O2/c1-14(2)20-22-25-21(18-6-5-7-23-13-18)26-28(22)9-8-27(20)19(29)12-17-10-15(3)24-16(4)11-17;2-1-3/h5-7,10-11,13-14,20H,8-9,12H2,1-4H3;1H,(H,2,3)/t20-;/m1./s1. The average molecular weight is 437 g/mol. The molecule has 4 rings (SSSR count). The van der Waals surface area contributed by atoms with E-state index in [2.05, 4.69) is 28.9 Å². The molecule has 0 spiro atoms. The van der Waals surface area contributed by atoms with Gasteiger partial charge in [-0.05, 0) is 49.6 Å². The molecular formula is C23H28N6O3. The van der Waals surface area contributed by atoms with Crippen molar-refractivity contribution >= 4 is 12.4 Å². The summed E-state index contributed by atoms with van der Waals surface area (Å²) in [7, 11) is 0. The van der Waals surface area contributed by atoms with Crippen molar-refractivity contribution in [3.05, 3.63) is 59.4 Å². The maximum atomic E-state index is 13.2. The van der Waals surface area contributed by atoms with Crippen molar-refractivity contribution in [3.8, 4) is 11.4 Å². The normalized spacial score (nSPS) is 15.0. The van der Waals surface area contributed by atoms with Crippen LogP contribution < -0.4 is 0 Å². The zero-order valence-corrected chi connectivity index (χ0v) is 18.8. The number of rotatable bonds is 4. The molecule has 1 aliphatic rings. The fourth-order valence-electron chi connectivity index (χ4n) is 4.07. The van der Waals surface area contributed by atoms with Gasteiger partial charge in [-0.2, -0.15) is 5.10 Å². The van der Waals surface area contributed by atoms with Crippen LogP contribution in [0, 0.1) is 19.8 Å². The van der Waals surface area contributed by atoms with E-state index in [1.54, 1.807) is 12.4 Å². The van der Waals surface area contributed by atoms with Gasteiger partial charge in [0.25, 0.3) is 6.47 Å². The van der Waals surface area contributed by atoms with Gasteiger partial charge in [0.2, 0.25) is 5.91 Å². The summed E-state index contributed by atoms with van der Waals surface area (Å²) in [6.45, 7) is 9.20. The van der Waals surface area contributed by atoms with E-state index in [1.165, 1.54) is 0 Å². The molecule has 0 aromatic carbocycles. The van der Waals surface area contributed by atoms with Crippen molar-refractivity contribution in [3.63, 3.8) is 0 Å². The fourth-order valence-corrected chi connectivity index (χ4v) is 4.07. The fraction of sp³-hybridized carbons (Fsp3) is 0.391. The monoisotopic (exact) mass is 436 g/mol. The van der Waals surface area contributed by atoms with E-state index in [9.17, 15) is 4.79 Å². The number of pyridine rings is 2. The van der Waals surface area contributed by atoms with Crippen LogP contribution in [-0.2, 0) is 22.6 Å². The van der Waals surface area contributed by atoms with Gasteiger partial charge in [-0.15, -0.1) is 0 Å². The molecule has 0 aliphatic carbocycles. The Hall–Kier alpha value is -3.62. The predicted molar refractivity (Wildman–Crippen MR) is 119 cm³/mol. The molecule has 4 heterocycles. The van der Waals surface area contributed by atoms with Gasteiger partial charge in [0, 0.05) is 35.9 Å². The third-order valence-corrected chi connectivity index (χ3v) is 5.22. The first-order valence-electron chi connectivity index (χ1n) is 10.5. The highest BCUT2D eigenvalue weighted by molar-refractivity contribution is 5.79. The minimum absolute atomic E-state index is 0.0989. The summed E-state index contributed by atoms with van der Waals surface area (Å²) >= 11 is 0. The lowest BCUT2D eigenvalue weighted by molar-refractivity contribution is -0.135. The van der Waals surface area contributed by atoms with Crippen molar-refractivity contribution in [1.29, 1.82) is 0 Å². The Morgan fingerprint density at radius 2 is 1.91 bits per heavy atom. The molecule has 0 saturated carbocycles. The van der Waals surface area contributed by atoms with Crippen molar-refractivity contribution in [2.24, 2.45) is 5.92 Å². The summed E-state index contributed by atoms with van der Waals surface area (Å²) in [5.41, 5.74) is 3.77. The van der Waals surface area contributed by atoms with E-state index in [-0.39, 0.29) is 24.3 Å². The smallest absolute Gasteiger partial charge is 0.290 e. The molecule has 9 nitrogen and oxygen atoms in total. The molecule has 0 bridgehead atoms. The summed E-state index contributed by atoms with van der Waals surface area (Å²) < 4.78 is 1.94. The molecule has 0 fully saturated rings. The Balaban J connectivity index is 0.000000913. The summed E-state index contributed by atoms with van der Waals surface area (Å²) in [5.74, 6) is 1.85. The molecule has 0 radical (unpaired) electrons. The second kappa shape index (κ2) is 10.1. The number of hydrogen-bond acceptors (Lipinski definition) is 6. The number of carboxylic acid groups (broad SMARTS) is 1. The molecule has 32 heavy (non-hydrogen) atoms. The van der Waals surface area contributed by atoms with E-state index in [4.69, 9.17) is 14.9 Å². The van der Waals surface area contributed by atoms with Crippen LogP contribution in [-0.4, -0.2) is 53.7 Å². The van der Waals surface area contributed by atoms with Crippen molar-refractivity contribution < 1.29 is 14.7 Å². The molecule has 0 unspecified atom stereocenters. The first kappa shape index (κ1) is 23.1. The number of amides is 1. The third kappa shape index (κ3) is 5.16. The Kier molecular flexibility index (Phi) is 7.29. The van der Waals surface area contributed by atoms with Crippen molar-refractivity contribution in [1.82, 2.24) is 29.6 Å². The first-order chi connectivity index (χ1) is 15.3. The Labute approximate surface area is 187 Å². The Bertz CT molecular complexity index is 1060. The summed E-state index contributed by atoms with van der Waals surface area (Å²) in [5, 5.41) is 11.6. The molecular weight excluding hydrogens is 408 g/mol. The second-order valence-corrected chi connectivity index (χ2v) is 8.07. The lowest BCUT2D eigenvalue weighted by atomic mass is 9.98. The van der Waals surface area contributed by atoms with Gasteiger partial charge in [0.15, 0.2) is 11.6 Å². The van der Waals surface area contributed by atoms with E-state index >= 15 is 0 Å². The van der Waals surface area contributed by atoms with E-state index < -0.39 is 0 Å². The van der Waals surface area contributed by atoms with Gasteiger partial charge in [0.05, 0.1) is 19.0 Å². The van der Waals surface area contributed by atoms with Gasteiger partial charge in [-0.1, -0.05) is 13.8 Å². The van der Waals surface area contributed by atoms with Gasteiger partial charge in [-0.25, -0.2) is 9.67 Å². The third-order valence-electron chi connectivity index (χ3n) is 5.22. The van der Waals surface area contributed by atoms with Crippen molar-refractivity contribution in [2.45, 2.75) is 46.7 Å². The molecule has 9 heteroatoms. The maximum Gasteiger partial charge on any atom is 0.290 e. The van der Waals surface area contributed by atoms with E-state index in [0.717, 1.165) is 28.3 Å². The van der Waals surface area contributed by atoms with Gasteiger partial charge < -0.3 is 10.0 Å². The molecule has 1 aliphatic heterocycles. The van der Waals surface area contributed by atoms with Gasteiger partial charge in [0.1, 0.15) is 0 Å². The van der Waals surface area contributed by atoms with E-state index in [0.29, 0.717) is 25.3 Å². The van der Waals surface area contributed by atoms with Crippen LogP contribution in [0.15, 0.2) is 36.7 Å². The molecule has 1 N–H and O–H groups in total. The van der Waals surface area contributed by atoms with Crippen LogP contribution in [0.2, 0.25) is 0 Å². The molecule has 1 atom stereocenters. The number of carbonyl (C=O) groups excluding carboxylic acids is 1. The Morgan fingerprint density at radius 3 is 2.50 bits per heavy atom. The highest BCUT2D eigenvalue weighted by Crippen LogP contribution is 2.32. The maximum absolute atomic E-state index is 13.2. The zero-order chi connectivity index (χ0) is 23.3. The summed E-state index contributed by atoms with van der Waals surface area (Å²) in [6, 6.07) is 7.71. The van der Waals surface area contributed by atoms with Gasteiger partial charge in [-0.3, -0.25) is 19.6 Å². The van der Waals surface area contributed by atoms with Crippen LogP contribution >= 0.6 is 0 Å². The number of nitrogens with zero attached hydrogens (tertiary/aromatic N) is 6. The van der Waals surface area contributed by atoms with E-state index in [1.807, 2.05) is 47.7 Å². The minimum Gasteiger partial charge on any atom is -0.483 e. The molecule has 3 aromatic heterocycles. The lowest BCUT2D eigenvalue weighted by Gasteiger charge is -2.37. The largest absolute Gasteiger partial charge is 0.483 e. The quantitative estimate of drug-likeness (QED) is 0.626. The van der Waals surface area contributed by atoms with Crippen LogP contribution in [0.1, 0.15) is 42.7 Å². The zero-order valence-electron chi connectivity index (χ0n) is 18.8. The lowest BCUT2D eigenvalue weighted by Crippen LogP contribution is -2.45. The molecule has 1 amide bonds. The van der Waals surface area contributed by atoms with Crippen LogP contribution in [0.5, 0.6) is 0 Å². The second-order valence-electron chi connectivity index (χ2n) is 8.07. The Morgan fingerprint density at radius 1 is 1.22 bits per heavy atom. The SMILES string of the molecule is Cc1cc(CC(=O)N2CCn3nc(-c4cccnc4)nc3[C@H]2C(C)C)cc(C)n1.O=CO. The topological polar surface area (TPSA) is 114 Å². The summed E-state index contributed by atoms with van der Waals surface area (Å²) in [6.07, 6.45) is 3.87. The number of hydrogen-bond donors (Lipinski definition) is 1. The van der Waals surface area contributed by atoms with Crippen LogP contribution in [0.3, 0.4) is 0 Å². The minimum atomic E-state index is -0.250. The average Bonchev–Trinajstić information content (AvgIpc) is 3.17. The summed E-state index contributed by atoms with van der Waals surface area (Å²) in [4.78, 5) is 36.9. The number of aryl methyl sites for hydroxylation is 2. The highest BCUT2D eigenvalue weighted by atomic mass is 16.3. The first-order valence-corrected chi connectivity index (χ1v) is 10.5. The predicted octanol–water partition coefficient (Wildman–Crippen LogP) is 2.83. The molecule has 3 aromatic rings. The van der Waals surface area contributed by atoms with Crippen molar-refractivity contribution in [2.75, 3.05) is 6.54 Å². The van der Waals surface area contributed by atoms with Crippen LogP contribution in [0.4, 0.5) is 0 Å². The number of carbonyl (C=O) groups is 2. The number of aromatic nitrogens is 5. The molecule has 168 valence electrons. The molecule has 0 saturated heterocycles. The van der Waals surface area contributed by atoms with Gasteiger partial charge >= 0.3 is 0 Å².